The Morgan fingerprint density at radius 2 is 2.04 bits per heavy atom. The van der Waals surface area contributed by atoms with E-state index in [1.807, 2.05) is 6.07 Å². The van der Waals surface area contributed by atoms with E-state index in [2.05, 4.69) is 5.32 Å². The van der Waals surface area contributed by atoms with Crippen molar-refractivity contribution in [3.05, 3.63) is 52.7 Å². The van der Waals surface area contributed by atoms with E-state index in [0.717, 1.165) is 5.56 Å². The largest absolute Gasteiger partial charge is 0.453 e. The molecule has 0 saturated heterocycles. The van der Waals surface area contributed by atoms with E-state index in [1.54, 1.807) is 23.6 Å². The van der Waals surface area contributed by atoms with Crippen LogP contribution in [0.3, 0.4) is 0 Å². The highest BCUT2D eigenvalue weighted by molar-refractivity contribution is 7.14. The first-order chi connectivity index (χ1) is 11.5. The predicted molar refractivity (Wildman–Crippen MR) is 87.9 cm³/mol. The summed E-state index contributed by atoms with van der Waals surface area (Å²) in [5.41, 5.74) is 1.17. The molecule has 0 fully saturated rings. The lowest BCUT2D eigenvalue weighted by atomic mass is 10.1. The van der Waals surface area contributed by atoms with Crippen LogP contribution in [0.15, 0.2) is 35.7 Å². The Morgan fingerprint density at radius 1 is 1.33 bits per heavy atom. The molecule has 0 aliphatic rings. The number of carbonyl (C=O) groups is 2. The van der Waals surface area contributed by atoms with Crippen LogP contribution in [-0.2, 0) is 20.7 Å². The summed E-state index contributed by atoms with van der Waals surface area (Å²) in [7, 11) is 0. The first-order valence-corrected chi connectivity index (χ1v) is 8.10. The maximum absolute atomic E-state index is 12.8. The zero-order chi connectivity index (χ0) is 17.5. The minimum atomic E-state index is -0.973. The Morgan fingerprint density at radius 3 is 2.71 bits per heavy atom. The highest BCUT2D eigenvalue weighted by Crippen LogP contribution is 2.22. The Kier molecular flexibility index (Phi) is 6.04. The summed E-state index contributed by atoms with van der Waals surface area (Å²) in [5, 5.41) is 13.6. The summed E-state index contributed by atoms with van der Waals surface area (Å²) >= 11 is 1.22. The van der Waals surface area contributed by atoms with Crippen molar-refractivity contribution in [3.63, 3.8) is 0 Å². The van der Waals surface area contributed by atoms with Gasteiger partial charge in [0.2, 0.25) is 0 Å². The maximum Gasteiger partial charge on any atom is 0.306 e. The molecule has 2 aromatic rings. The third-order valence-corrected chi connectivity index (χ3v) is 4.06. The SMILES string of the molecule is C[C@@H](OC(=O)CCc1ccc(F)cc1)C(=O)Nc1sccc1C#N. The minimum Gasteiger partial charge on any atom is -0.453 e. The molecule has 0 aliphatic carbocycles. The number of esters is 1. The number of hydrogen-bond acceptors (Lipinski definition) is 5. The average Bonchev–Trinajstić information content (AvgIpc) is 3.01. The Bertz CT molecular complexity index is 765. The van der Waals surface area contributed by atoms with Gasteiger partial charge in [-0.15, -0.1) is 11.3 Å². The summed E-state index contributed by atoms with van der Waals surface area (Å²) in [5.74, 6) is -1.35. The zero-order valence-electron chi connectivity index (χ0n) is 12.9. The van der Waals surface area contributed by atoms with Crippen LogP contribution in [0.1, 0.15) is 24.5 Å². The van der Waals surface area contributed by atoms with E-state index in [1.165, 1.54) is 30.4 Å². The topological polar surface area (TPSA) is 79.2 Å². The van der Waals surface area contributed by atoms with Crippen molar-refractivity contribution in [2.75, 3.05) is 5.32 Å². The smallest absolute Gasteiger partial charge is 0.306 e. The molecule has 5 nitrogen and oxygen atoms in total. The fraction of sp³-hybridized carbons (Fsp3) is 0.235. The second kappa shape index (κ2) is 8.22. The fourth-order valence-corrected chi connectivity index (χ4v) is 2.66. The molecule has 1 amide bonds. The Hall–Kier alpha value is -2.72. The number of nitrogens with one attached hydrogen (secondary N) is 1. The third-order valence-electron chi connectivity index (χ3n) is 3.23. The molecule has 1 N–H and O–H groups in total. The van der Waals surface area contributed by atoms with Crippen LogP contribution in [-0.4, -0.2) is 18.0 Å². The predicted octanol–water partition coefficient (Wildman–Crippen LogP) is 3.26. The molecule has 1 aromatic carbocycles. The number of amides is 1. The number of rotatable bonds is 6. The van der Waals surface area contributed by atoms with Crippen molar-refractivity contribution < 1.29 is 18.7 Å². The van der Waals surface area contributed by atoms with Crippen molar-refractivity contribution in [1.82, 2.24) is 0 Å². The summed E-state index contributed by atoms with van der Waals surface area (Å²) in [6.45, 7) is 1.46. The number of aryl methyl sites for hydroxylation is 1. The second-order valence-electron chi connectivity index (χ2n) is 5.02. The highest BCUT2D eigenvalue weighted by atomic mass is 32.1. The normalized spacial score (nSPS) is 11.4. The van der Waals surface area contributed by atoms with Crippen LogP contribution in [0.5, 0.6) is 0 Å². The number of halogens is 1. The van der Waals surface area contributed by atoms with Crippen molar-refractivity contribution in [2.24, 2.45) is 0 Å². The van der Waals surface area contributed by atoms with E-state index >= 15 is 0 Å². The van der Waals surface area contributed by atoms with Crippen LogP contribution < -0.4 is 5.32 Å². The summed E-state index contributed by atoms with van der Waals surface area (Å²) in [4.78, 5) is 23.8. The van der Waals surface area contributed by atoms with Crippen LogP contribution in [0, 0.1) is 17.1 Å². The van der Waals surface area contributed by atoms with Gasteiger partial charge >= 0.3 is 5.97 Å². The number of nitrogens with zero attached hydrogens (tertiary/aromatic N) is 1. The van der Waals surface area contributed by atoms with Gasteiger partial charge in [-0.25, -0.2) is 4.39 Å². The number of thiophene rings is 1. The second-order valence-corrected chi connectivity index (χ2v) is 5.94. The molecule has 2 rings (SSSR count). The molecule has 0 spiro atoms. The van der Waals surface area contributed by atoms with Gasteiger partial charge in [-0.2, -0.15) is 5.26 Å². The molecule has 124 valence electrons. The van der Waals surface area contributed by atoms with Gasteiger partial charge < -0.3 is 10.1 Å². The molecule has 7 heteroatoms. The fourth-order valence-electron chi connectivity index (χ4n) is 1.91. The number of benzene rings is 1. The maximum atomic E-state index is 12.8. The molecule has 0 bridgehead atoms. The lowest BCUT2D eigenvalue weighted by molar-refractivity contribution is -0.153. The first-order valence-electron chi connectivity index (χ1n) is 7.22. The molecule has 0 aliphatic heterocycles. The molecular weight excluding hydrogens is 331 g/mol. The standard InChI is InChI=1S/C17H15FN2O3S/c1-11(16(22)20-17-13(10-19)8-9-24-17)23-15(21)7-4-12-2-5-14(18)6-3-12/h2-3,5-6,8-9,11H,4,7H2,1H3,(H,20,22)/t11-/m1/s1. The van der Waals surface area contributed by atoms with E-state index in [4.69, 9.17) is 10.00 Å². The number of anilines is 1. The molecule has 0 saturated carbocycles. The Labute approximate surface area is 142 Å². The zero-order valence-corrected chi connectivity index (χ0v) is 13.7. The number of hydrogen-bond donors (Lipinski definition) is 1. The average molecular weight is 346 g/mol. The number of nitriles is 1. The molecule has 0 radical (unpaired) electrons. The van der Waals surface area contributed by atoms with Crippen molar-refractivity contribution >= 4 is 28.2 Å². The van der Waals surface area contributed by atoms with Crippen LogP contribution in [0.25, 0.3) is 0 Å². The quantitative estimate of drug-likeness (QED) is 0.814. The van der Waals surface area contributed by atoms with Crippen molar-refractivity contribution in [1.29, 1.82) is 5.26 Å². The minimum absolute atomic E-state index is 0.0890. The van der Waals surface area contributed by atoms with Gasteiger partial charge in [0.05, 0.1) is 5.56 Å². The van der Waals surface area contributed by atoms with Gasteiger partial charge in [0.1, 0.15) is 16.9 Å². The van der Waals surface area contributed by atoms with Crippen LogP contribution in [0.2, 0.25) is 0 Å². The molecule has 1 atom stereocenters. The molecular formula is C17H15FN2O3S. The van der Waals surface area contributed by atoms with E-state index in [0.29, 0.717) is 17.0 Å². The number of carbonyl (C=O) groups excluding carboxylic acids is 2. The van der Waals surface area contributed by atoms with Gasteiger partial charge in [-0.05, 0) is 42.5 Å². The third kappa shape index (κ3) is 4.89. The van der Waals surface area contributed by atoms with E-state index in [-0.39, 0.29) is 12.2 Å². The van der Waals surface area contributed by atoms with Crippen molar-refractivity contribution in [2.45, 2.75) is 25.9 Å². The summed E-state index contributed by atoms with van der Waals surface area (Å²) in [6, 6.07) is 9.40. The monoisotopic (exact) mass is 346 g/mol. The van der Waals surface area contributed by atoms with Gasteiger partial charge in [0.15, 0.2) is 6.10 Å². The van der Waals surface area contributed by atoms with Gasteiger partial charge in [0, 0.05) is 6.42 Å². The van der Waals surface area contributed by atoms with Gasteiger partial charge in [-0.3, -0.25) is 9.59 Å². The van der Waals surface area contributed by atoms with Crippen LogP contribution >= 0.6 is 11.3 Å². The lowest BCUT2D eigenvalue weighted by Gasteiger charge is -2.13. The summed E-state index contributed by atoms with van der Waals surface area (Å²) in [6.07, 6.45) is -0.484. The molecule has 0 unspecified atom stereocenters. The lowest BCUT2D eigenvalue weighted by Crippen LogP contribution is -2.30. The first kappa shape index (κ1) is 17.6. The van der Waals surface area contributed by atoms with Gasteiger partial charge in [0.25, 0.3) is 5.91 Å². The van der Waals surface area contributed by atoms with E-state index < -0.39 is 18.0 Å². The van der Waals surface area contributed by atoms with E-state index in [9.17, 15) is 14.0 Å². The molecule has 24 heavy (non-hydrogen) atoms. The highest BCUT2D eigenvalue weighted by Gasteiger charge is 2.19. The van der Waals surface area contributed by atoms with Gasteiger partial charge in [-0.1, -0.05) is 12.1 Å². The van der Waals surface area contributed by atoms with Crippen LogP contribution in [0.4, 0.5) is 9.39 Å². The Balaban J connectivity index is 1.81. The summed E-state index contributed by atoms with van der Waals surface area (Å²) < 4.78 is 17.9. The van der Waals surface area contributed by atoms with Crippen molar-refractivity contribution in [3.8, 4) is 6.07 Å². The number of ether oxygens (including phenoxy) is 1. The molecule has 1 heterocycles. The molecule has 1 aromatic heterocycles.